The lowest BCUT2D eigenvalue weighted by Gasteiger charge is -2.18. The molecule has 0 fully saturated rings. The molecule has 1 N–H and O–H groups in total. The van der Waals surface area contributed by atoms with Crippen LogP contribution in [0.5, 0.6) is 0 Å². The highest BCUT2D eigenvalue weighted by atomic mass is 32.1. The fourth-order valence-electron chi connectivity index (χ4n) is 1.96. The summed E-state index contributed by atoms with van der Waals surface area (Å²) in [5.74, 6) is 0.918. The summed E-state index contributed by atoms with van der Waals surface area (Å²) in [5, 5.41) is 5.65. The number of nitrogens with zero attached hydrogens (tertiary/aromatic N) is 2. The highest BCUT2D eigenvalue weighted by molar-refractivity contribution is 7.10. The first-order valence-corrected chi connectivity index (χ1v) is 7.15. The number of thiophene rings is 1. The molecule has 1 atom stereocenters. The number of aromatic nitrogens is 2. The van der Waals surface area contributed by atoms with Crippen molar-refractivity contribution in [2.24, 2.45) is 0 Å². The van der Waals surface area contributed by atoms with Crippen LogP contribution in [0.1, 0.15) is 30.7 Å². The molecule has 0 amide bonds. The quantitative estimate of drug-likeness (QED) is 0.761. The first-order chi connectivity index (χ1) is 8.85. The van der Waals surface area contributed by atoms with Crippen LogP contribution in [0.15, 0.2) is 42.6 Å². The Labute approximate surface area is 112 Å². The Hall–Kier alpha value is -1.55. The number of hydrogen-bond acceptors (Lipinski definition) is 3. The first kappa shape index (κ1) is 12.9. The van der Waals surface area contributed by atoms with Crippen molar-refractivity contribution < 1.29 is 0 Å². The lowest BCUT2D eigenvalue weighted by atomic mass is 10.1. The summed E-state index contributed by atoms with van der Waals surface area (Å²) in [4.78, 5) is 5.74. The maximum atomic E-state index is 4.38. The summed E-state index contributed by atoms with van der Waals surface area (Å²) >= 11 is 1.79. The zero-order valence-electron chi connectivity index (χ0n) is 10.7. The third-order valence-corrected chi connectivity index (χ3v) is 3.79. The van der Waals surface area contributed by atoms with E-state index in [9.17, 15) is 0 Å². The predicted molar refractivity (Wildman–Crippen MR) is 78.0 cm³/mol. The predicted octanol–water partition coefficient (Wildman–Crippen LogP) is 4.08. The van der Waals surface area contributed by atoms with E-state index in [2.05, 4.69) is 45.9 Å². The second-order valence-electron chi connectivity index (χ2n) is 4.19. The molecule has 0 spiro atoms. The van der Waals surface area contributed by atoms with Crippen LogP contribution in [0, 0.1) is 0 Å². The van der Waals surface area contributed by atoms with Gasteiger partial charge in [0.25, 0.3) is 0 Å². The standard InChI is InChI=1S/C14H19N3S/c1-3-6-12(13-7-5-11-18-13)16-14-15-8-10-17(14)9-4-2/h4-5,7-8,10-12H,2-3,6,9H2,1H3,(H,15,16). The van der Waals surface area contributed by atoms with E-state index in [-0.39, 0.29) is 0 Å². The average Bonchev–Trinajstić information content (AvgIpc) is 3.01. The van der Waals surface area contributed by atoms with Crippen LogP contribution in [0.25, 0.3) is 0 Å². The number of rotatable bonds is 7. The number of imidazole rings is 1. The van der Waals surface area contributed by atoms with Crippen molar-refractivity contribution in [1.82, 2.24) is 9.55 Å². The molecule has 0 bridgehead atoms. The van der Waals surface area contributed by atoms with Crippen molar-refractivity contribution in [3.63, 3.8) is 0 Å². The Morgan fingerprint density at radius 2 is 2.50 bits per heavy atom. The molecule has 0 aliphatic carbocycles. The largest absolute Gasteiger partial charge is 0.348 e. The molecule has 2 aromatic heterocycles. The van der Waals surface area contributed by atoms with Gasteiger partial charge in [-0.05, 0) is 17.9 Å². The lowest BCUT2D eigenvalue weighted by molar-refractivity contribution is 0.670. The molecule has 0 saturated carbocycles. The number of hydrogen-bond donors (Lipinski definition) is 1. The summed E-state index contributed by atoms with van der Waals surface area (Å²) in [6.07, 6.45) is 7.94. The van der Waals surface area contributed by atoms with Crippen molar-refractivity contribution in [2.75, 3.05) is 5.32 Å². The van der Waals surface area contributed by atoms with Gasteiger partial charge in [0.1, 0.15) is 0 Å². The highest BCUT2D eigenvalue weighted by Crippen LogP contribution is 2.26. The molecule has 0 aliphatic rings. The van der Waals surface area contributed by atoms with E-state index < -0.39 is 0 Å². The minimum absolute atomic E-state index is 0.348. The van der Waals surface area contributed by atoms with E-state index in [0.717, 1.165) is 25.3 Å². The summed E-state index contributed by atoms with van der Waals surface area (Å²) in [6, 6.07) is 4.63. The fraction of sp³-hybridized carbons (Fsp3) is 0.357. The molecular formula is C14H19N3S. The van der Waals surface area contributed by atoms with Gasteiger partial charge in [0.2, 0.25) is 5.95 Å². The zero-order valence-corrected chi connectivity index (χ0v) is 11.5. The van der Waals surface area contributed by atoms with Gasteiger partial charge in [-0.15, -0.1) is 17.9 Å². The molecule has 2 aromatic rings. The molecule has 0 aromatic carbocycles. The van der Waals surface area contributed by atoms with Crippen LogP contribution in [0.2, 0.25) is 0 Å². The van der Waals surface area contributed by atoms with Gasteiger partial charge in [0, 0.05) is 23.8 Å². The fourth-order valence-corrected chi connectivity index (χ4v) is 2.77. The van der Waals surface area contributed by atoms with Crippen LogP contribution in [-0.4, -0.2) is 9.55 Å². The molecule has 2 heterocycles. The van der Waals surface area contributed by atoms with Crippen molar-refractivity contribution in [3.05, 3.63) is 47.4 Å². The molecule has 3 nitrogen and oxygen atoms in total. The SMILES string of the molecule is C=CCn1ccnc1NC(CCC)c1cccs1. The Morgan fingerprint density at radius 1 is 1.61 bits per heavy atom. The van der Waals surface area contributed by atoms with Gasteiger partial charge >= 0.3 is 0 Å². The lowest BCUT2D eigenvalue weighted by Crippen LogP contribution is -2.13. The second kappa shape index (κ2) is 6.40. The second-order valence-corrected chi connectivity index (χ2v) is 5.17. The Kier molecular flexibility index (Phi) is 4.59. The third-order valence-electron chi connectivity index (χ3n) is 2.81. The normalized spacial score (nSPS) is 12.3. The molecule has 0 radical (unpaired) electrons. The number of allylic oxidation sites excluding steroid dienone is 1. The zero-order chi connectivity index (χ0) is 12.8. The molecule has 18 heavy (non-hydrogen) atoms. The van der Waals surface area contributed by atoms with Crippen LogP contribution in [0.3, 0.4) is 0 Å². The average molecular weight is 261 g/mol. The minimum Gasteiger partial charge on any atom is -0.348 e. The summed E-state index contributed by atoms with van der Waals surface area (Å²) in [5.41, 5.74) is 0. The molecular weight excluding hydrogens is 242 g/mol. The van der Waals surface area contributed by atoms with Gasteiger partial charge in [0.05, 0.1) is 6.04 Å². The molecule has 96 valence electrons. The Morgan fingerprint density at radius 3 is 3.17 bits per heavy atom. The number of anilines is 1. The Balaban J connectivity index is 2.13. The van der Waals surface area contributed by atoms with Gasteiger partial charge in [-0.25, -0.2) is 4.98 Å². The topological polar surface area (TPSA) is 29.9 Å². The maximum Gasteiger partial charge on any atom is 0.203 e. The molecule has 4 heteroatoms. The van der Waals surface area contributed by atoms with E-state index in [4.69, 9.17) is 0 Å². The Bertz CT molecular complexity index is 473. The summed E-state index contributed by atoms with van der Waals surface area (Å²) in [6.45, 7) is 6.76. The van der Waals surface area contributed by atoms with E-state index in [1.54, 1.807) is 11.3 Å². The van der Waals surface area contributed by atoms with Crippen LogP contribution >= 0.6 is 11.3 Å². The highest BCUT2D eigenvalue weighted by Gasteiger charge is 2.13. The molecule has 0 saturated heterocycles. The van der Waals surface area contributed by atoms with Gasteiger partial charge in [0.15, 0.2) is 0 Å². The van der Waals surface area contributed by atoms with Gasteiger partial charge < -0.3 is 9.88 Å². The smallest absolute Gasteiger partial charge is 0.203 e. The molecule has 2 rings (SSSR count). The van der Waals surface area contributed by atoms with Crippen molar-refractivity contribution in [1.29, 1.82) is 0 Å². The number of nitrogens with one attached hydrogen (secondary N) is 1. The van der Waals surface area contributed by atoms with Gasteiger partial charge in [-0.1, -0.05) is 25.5 Å². The van der Waals surface area contributed by atoms with E-state index in [1.807, 2.05) is 18.5 Å². The van der Waals surface area contributed by atoms with Crippen LogP contribution in [-0.2, 0) is 6.54 Å². The van der Waals surface area contributed by atoms with Crippen molar-refractivity contribution >= 4 is 17.3 Å². The van der Waals surface area contributed by atoms with Gasteiger partial charge in [-0.2, -0.15) is 0 Å². The minimum atomic E-state index is 0.348. The van der Waals surface area contributed by atoms with E-state index >= 15 is 0 Å². The van der Waals surface area contributed by atoms with Crippen LogP contribution in [0.4, 0.5) is 5.95 Å². The third kappa shape index (κ3) is 3.01. The summed E-state index contributed by atoms with van der Waals surface area (Å²) < 4.78 is 2.07. The summed E-state index contributed by atoms with van der Waals surface area (Å²) in [7, 11) is 0. The monoisotopic (exact) mass is 261 g/mol. The van der Waals surface area contributed by atoms with Crippen molar-refractivity contribution in [3.8, 4) is 0 Å². The van der Waals surface area contributed by atoms with Crippen LogP contribution < -0.4 is 5.32 Å². The maximum absolute atomic E-state index is 4.38. The van der Waals surface area contributed by atoms with E-state index in [0.29, 0.717) is 6.04 Å². The molecule has 1 unspecified atom stereocenters. The molecule has 0 aliphatic heterocycles. The first-order valence-electron chi connectivity index (χ1n) is 6.27. The van der Waals surface area contributed by atoms with Crippen molar-refractivity contribution in [2.45, 2.75) is 32.4 Å². The van der Waals surface area contributed by atoms with Gasteiger partial charge in [-0.3, -0.25) is 0 Å². The van der Waals surface area contributed by atoms with E-state index in [1.165, 1.54) is 4.88 Å².